The molecular formula is C13H17ClN4S2. The van der Waals surface area contributed by atoms with Gasteiger partial charge in [0.15, 0.2) is 5.96 Å². The van der Waals surface area contributed by atoms with Crippen molar-refractivity contribution in [2.24, 2.45) is 4.99 Å². The molecular weight excluding hydrogens is 312 g/mol. The van der Waals surface area contributed by atoms with Crippen LogP contribution in [0, 0.1) is 6.92 Å². The quantitative estimate of drug-likeness (QED) is 0.691. The van der Waals surface area contributed by atoms with E-state index in [2.05, 4.69) is 25.6 Å². The molecule has 0 spiro atoms. The zero-order valence-corrected chi connectivity index (χ0v) is 14.1. The minimum Gasteiger partial charge on any atom is -0.351 e. The highest BCUT2D eigenvalue weighted by molar-refractivity contribution is 7.16. The number of rotatable bonds is 4. The van der Waals surface area contributed by atoms with Gasteiger partial charge in [0.2, 0.25) is 0 Å². The Labute approximate surface area is 132 Å². The minimum absolute atomic E-state index is 0.727. The molecule has 0 aliphatic carbocycles. The Kier molecular flexibility index (Phi) is 5.39. The molecule has 0 saturated heterocycles. The third kappa shape index (κ3) is 4.19. The first-order valence-corrected chi connectivity index (χ1v) is 8.23. The number of thiazole rings is 1. The molecule has 20 heavy (non-hydrogen) atoms. The van der Waals surface area contributed by atoms with E-state index >= 15 is 0 Å². The number of aryl methyl sites for hydroxylation is 1. The maximum absolute atomic E-state index is 5.92. The van der Waals surface area contributed by atoms with Gasteiger partial charge in [-0.2, -0.15) is 0 Å². The molecule has 2 heterocycles. The van der Waals surface area contributed by atoms with E-state index in [0.717, 1.165) is 34.1 Å². The second-order valence-corrected chi connectivity index (χ2v) is 7.18. The molecule has 2 aromatic heterocycles. The molecule has 0 saturated carbocycles. The molecule has 0 atom stereocenters. The van der Waals surface area contributed by atoms with Gasteiger partial charge in [-0.3, -0.25) is 4.99 Å². The number of nitrogens with one attached hydrogen (secondary N) is 1. The maximum atomic E-state index is 5.92. The van der Waals surface area contributed by atoms with Crippen molar-refractivity contribution in [1.82, 2.24) is 15.2 Å². The van der Waals surface area contributed by atoms with Crippen LogP contribution in [-0.2, 0) is 13.1 Å². The Balaban J connectivity index is 1.90. The zero-order valence-electron chi connectivity index (χ0n) is 11.7. The number of aromatic nitrogens is 1. The molecule has 0 amide bonds. The Morgan fingerprint density at radius 2 is 2.30 bits per heavy atom. The van der Waals surface area contributed by atoms with Crippen LogP contribution in [-0.4, -0.2) is 29.9 Å². The molecule has 0 aliphatic heterocycles. The lowest BCUT2D eigenvalue weighted by Gasteiger charge is -2.20. The number of aliphatic imine (C=N–C) groups is 1. The molecule has 2 rings (SSSR count). The number of guanidine groups is 1. The van der Waals surface area contributed by atoms with Crippen LogP contribution < -0.4 is 5.32 Å². The summed E-state index contributed by atoms with van der Waals surface area (Å²) in [4.78, 5) is 12.0. The number of hydrogen-bond acceptors (Lipinski definition) is 4. The lowest BCUT2D eigenvalue weighted by molar-refractivity contribution is 0.471. The van der Waals surface area contributed by atoms with Crippen molar-refractivity contribution in [3.8, 4) is 0 Å². The zero-order chi connectivity index (χ0) is 14.5. The summed E-state index contributed by atoms with van der Waals surface area (Å²) in [5.74, 6) is 0.847. The van der Waals surface area contributed by atoms with Gasteiger partial charge in [0.1, 0.15) is 0 Å². The third-order valence-corrected chi connectivity index (χ3v) is 4.74. The van der Waals surface area contributed by atoms with Crippen molar-refractivity contribution in [3.05, 3.63) is 37.4 Å². The van der Waals surface area contributed by atoms with Crippen LogP contribution in [0.25, 0.3) is 0 Å². The predicted octanol–water partition coefficient (Wildman–Crippen LogP) is 3.37. The van der Waals surface area contributed by atoms with Gasteiger partial charge >= 0.3 is 0 Å². The Morgan fingerprint density at radius 3 is 2.85 bits per heavy atom. The molecule has 2 aromatic rings. The molecule has 0 bridgehead atoms. The van der Waals surface area contributed by atoms with Gasteiger partial charge in [-0.25, -0.2) is 4.98 Å². The lowest BCUT2D eigenvalue weighted by Crippen LogP contribution is -2.37. The van der Waals surface area contributed by atoms with E-state index in [1.165, 1.54) is 4.88 Å². The van der Waals surface area contributed by atoms with Gasteiger partial charge in [-0.15, -0.1) is 22.7 Å². The van der Waals surface area contributed by atoms with Crippen LogP contribution in [0.2, 0.25) is 4.34 Å². The van der Waals surface area contributed by atoms with Gasteiger partial charge in [-0.05, 0) is 19.1 Å². The summed E-state index contributed by atoms with van der Waals surface area (Å²) in [5, 5.41) is 6.50. The van der Waals surface area contributed by atoms with Crippen LogP contribution in [0.5, 0.6) is 0 Å². The molecule has 0 radical (unpaired) electrons. The molecule has 108 valence electrons. The van der Waals surface area contributed by atoms with E-state index in [1.807, 2.05) is 26.1 Å². The Bertz CT molecular complexity index is 591. The van der Waals surface area contributed by atoms with Crippen LogP contribution in [0.15, 0.2) is 22.5 Å². The average molecular weight is 329 g/mol. The van der Waals surface area contributed by atoms with Crippen LogP contribution >= 0.6 is 34.3 Å². The minimum atomic E-state index is 0.727. The highest BCUT2D eigenvalue weighted by atomic mass is 35.5. The molecule has 0 unspecified atom stereocenters. The first kappa shape index (κ1) is 15.3. The van der Waals surface area contributed by atoms with E-state index in [0.29, 0.717) is 0 Å². The van der Waals surface area contributed by atoms with Gasteiger partial charge < -0.3 is 10.2 Å². The highest BCUT2D eigenvalue weighted by Gasteiger charge is 2.09. The number of hydrogen-bond donors (Lipinski definition) is 1. The van der Waals surface area contributed by atoms with Crippen molar-refractivity contribution in [2.75, 3.05) is 14.1 Å². The van der Waals surface area contributed by atoms with Crippen molar-refractivity contribution in [3.63, 3.8) is 0 Å². The van der Waals surface area contributed by atoms with Crippen molar-refractivity contribution in [1.29, 1.82) is 0 Å². The second kappa shape index (κ2) is 7.06. The Hall–Kier alpha value is -1.11. The van der Waals surface area contributed by atoms with Gasteiger partial charge in [0.05, 0.1) is 28.1 Å². The molecule has 0 fully saturated rings. The molecule has 0 aliphatic rings. The second-order valence-electron chi connectivity index (χ2n) is 4.32. The normalized spacial score (nSPS) is 11.7. The summed E-state index contributed by atoms with van der Waals surface area (Å²) in [6.45, 7) is 3.49. The number of halogens is 1. The summed E-state index contributed by atoms with van der Waals surface area (Å²) in [5.41, 5.74) is 1.07. The summed E-state index contributed by atoms with van der Waals surface area (Å²) >= 11 is 9.17. The smallest absolute Gasteiger partial charge is 0.194 e. The first-order chi connectivity index (χ1) is 9.58. The van der Waals surface area contributed by atoms with Crippen LogP contribution in [0.4, 0.5) is 0 Å². The van der Waals surface area contributed by atoms with E-state index in [4.69, 9.17) is 11.6 Å². The summed E-state index contributed by atoms with van der Waals surface area (Å²) in [7, 11) is 3.79. The third-order valence-electron chi connectivity index (χ3n) is 2.69. The standard InChI is InChI=1S/C13H17ClN4S2/c1-9-17-10(8-19-9)7-18(3)13(15-2)16-6-11-4-5-12(14)20-11/h4-5,8H,6-7H2,1-3H3,(H,15,16). The molecule has 7 heteroatoms. The maximum Gasteiger partial charge on any atom is 0.194 e. The van der Waals surface area contributed by atoms with Crippen molar-refractivity contribution < 1.29 is 0 Å². The average Bonchev–Trinajstić information content (AvgIpc) is 2.99. The molecule has 4 nitrogen and oxygen atoms in total. The number of thiophene rings is 1. The fourth-order valence-electron chi connectivity index (χ4n) is 1.80. The fraction of sp³-hybridized carbons (Fsp3) is 0.385. The van der Waals surface area contributed by atoms with Crippen LogP contribution in [0.3, 0.4) is 0 Å². The highest BCUT2D eigenvalue weighted by Crippen LogP contribution is 2.21. The first-order valence-electron chi connectivity index (χ1n) is 6.15. The van der Waals surface area contributed by atoms with Gasteiger partial charge in [0.25, 0.3) is 0 Å². The fourth-order valence-corrected chi connectivity index (χ4v) is 3.43. The van der Waals surface area contributed by atoms with E-state index in [9.17, 15) is 0 Å². The predicted molar refractivity (Wildman–Crippen MR) is 87.8 cm³/mol. The summed E-state index contributed by atoms with van der Waals surface area (Å²) in [6, 6.07) is 3.94. The van der Waals surface area contributed by atoms with Gasteiger partial charge in [-0.1, -0.05) is 11.6 Å². The van der Waals surface area contributed by atoms with Crippen LogP contribution in [0.1, 0.15) is 15.6 Å². The lowest BCUT2D eigenvalue weighted by atomic mass is 10.4. The largest absolute Gasteiger partial charge is 0.351 e. The SMILES string of the molecule is CN=C(NCc1ccc(Cl)s1)N(C)Cc1csc(C)n1. The Morgan fingerprint density at radius 1 is 1.50 bits per heavy atom. The van der Waals surface area contributed by atoms with E-state index < -0.39 is 0 Å². The topological polar surface area (TPSA) is 40.5 Å². The molecule has 1 N–H and O–H groups in total. The van der Waals surface area contributed by atoms with Crippen molar-refractivity contribution >= 4 is 40.2 Å². The molecule has 0 aromatic carbocycles. The van der Waals surface area contributed by atoms with Crippen molar-refractivity contribution in [2.45, 2.75) is 20.0 Å². The van der Waals surface area contributed by atoms with Gasteiger partial charge in [0, 0.05) is 24.4 Å². The van der Waals surface area contributed by atoms with E-state index in [1.54, 1.807) is 29.7 Å². The van der Waals surface area contributed by atoms with E-state index in [-0.39, 0.29) is 0 Å². The number of nitrogens with zero attached hydrogens (tertiary/aromatic N) is 3. The summed E-state index contributed by atoms with van der Waals surface area (Å²) < 4.78 is 0.808. The summed E-state index contributed by atoms with van der Waals surface area (Å²) in [6.07, 6.45) is 0. The monoisotopic (exact) mass is 328 g/mol.